The molecule has 0 unspecified atom stereocenters. The van der Waals surface area contributed by atoms with Gasteiger partial charge < -0.3 is 10.6 Å². The van der Waals surface area contributed by atoms with Gasteiger partial charge in [0.15, 0.2) is 14.6 Å². The van der Waals surface area contributed by atoms with Gasteiger partial charge in [-0.1, -0.05) is 18.2 Å². The van der Waals surface area contributed by atoms with E-state index in [0.717, 1.165) is 11.9 Å². The first-order valence-electron chi connectivity index (χ1n) is 7.74. The summed E-state index contributed by atoms with van der Waals surface area (Å²) in [6, 6.07) is 9.47. The lowest BCUT2D eigenvalue weighted by Gasteiger charge is -2.34. The topological polar surface area (TPSA) is 93.1 Å². The Morgan fingerprint density at radius 1 is 1.24 bits per heavy atom. The Labute approximate surface area is 153 Å². The number of benzene rings is 1. The standard InChI is InChI=1S/C16H20N4O3S.ClH/c1-24(22,23)16(7-9-17-10-8-16)15(21)19-13-11-18-20(12-13)14-5-3-2-4-6-14;/h2-6,11-12,17H,7-10H2,1H3,(H,19,21);1H. The van der Waals surface area contributed by atoms with E-state index < -0.39 is 20.5 Å². The normalized spacial score (nSPS) is 16.7. The van der Waals surface area contributed by atoms with Crippen molar-refractivity contribution in [3.63, 3.8) is 0 Å². The average Bonchev–Trinajstić information content (AvgIpc) is 3.04. The van der Waals surface area contributed by atoms with Gasteiger partial charge in [0, 0.05) is 6.26 Å². The van der Waals surface area contributed by atoms with Crippen molar-refractivity contribution in [1.82, 2.24) is 15.1 Å². The number of hydrogen-bond donors (Lipinski definition) is 2. The summed E-state index contributed by atoms with van der Waals surface area (Å²) >= 11 is 0. The monoisotopic (exact) mass is 384 g/mol. The first-order valence-corrected chi connectivity index (χ1v) is 9.63. The molecule has 0 saturated carbocycles. The molecular formula is C16H21ClN4O3S. The van der Waals surface area contributed by atoms with Gasteiger partial charge in [-0.3, -0.25) is 4.79 Å². The molecule has 0 bridgehead atoms. The summed E-state index contributed by atoms with van der Waals surface area (Å²) in [5, 5.41) is 10.0. The van der Waals surface area contributed by atoms with E-state index in [4.69, 9.17) is 0 Å². The summed E-state index contributed by atoms with van der Waals surface area (Å²) in [6.45, 7) is 1.01. The predicted octanol–water partition coefficient (Wildman–Crippen LogP) is 1.40. The molecule has 1 aliphatic rings. The maximum absolute atomic E-state index is 12.7. The summed E-state index contributed by atoms with van der Waals surface area (Å²) < 4.78 is 24.8. The van der Waals surface area contributed by atoms with Crippen LogP contribution in [0, 0.1) is 0 Å². The molecule has 1 amide bonds. The number of piperidine rings is 1. The Morgan fingerprint density at radius 2 is 1.88 bits per heavy atom. The first-order chi connectivity index (χ1) is 11.4. The number of carbonyl (C=O) groups excluding carboxylic acids is 1. The van der Waals surface area contributed by atoms with Crippen LogP contribution >= 0.6 is 12.4 Å². The largest absolute Gasteiger partial charge is 0.322 e. The number of sulfone groups is 1. The maximum Gasteiger partial charge on any atom is 0.246 e. The average molecular weight is 385 g/mol. The minimum absolute atomic E-state index is 0. The smallest absolute Gasteiger partial charge is 0.246 e. The third-order valence-corrected chi connectivity index (χ3v) is 6.41. The molecule has 3 rings (SSSR count). The Hall–Kier alpha value is -1.90. The zero-order valence-electron chi connectivity index (χ0n) is 13.8. The molecule has 0 aliphatic carbocycles. The highest BCUT2D eigenvalue weighted by Gasteiger charge is 2.48. The third kappa shape index (κ3) is 3.86. The molecule has 25 heavy (non-hydrogen) atoms. The third-order valence-electron chi connectivity index (χ3n) is 4.40. The molecule has 2 heterocycles. The summed E-state index contributed by atoms with van der Waals surface area (Å²) in [4.78, 5) is 12.7. The Balaban J connectivity index is 0.00000225. The van der Waals surface area contributed by atoms with Crippen LogP contribution in [0.1, 0.15) is 12.8 Å². The van der Waals surface area contributed by atoms with Crippen LogP contribution in [0.4, 0.5) is 5.69 Å². The molecule has 0 radical (unpaired) electrons. The number of para-hydroxylation sites is 1. The molecule has 0 atom stereocenters. The van der Waals surface area contributed by atoms with E-state index >= 15 is 0 Å². The Morgan fingerprint density at radius 3 is 2.48 bits per heavy atom. The summed E-state index contributed by atoms with van der Waals surface area (Å²) in [5.41, 5.74) is 1.34. The van der Waals surface area contributed by atoms with Crippen molar-refractivity contribution in [1.29, 1.82) is 0 Å². The van der Waals surface area contributed by atoms with E-state index in [1.807, 2.05) is 30.3 Å². The minimum atomic E-state index is -3.53. The molecule has 9 heteroatoms. The van der Waals surface area contributed by atoms with Crippen molar-refractivity contribution in [3.05, 3.63) is 42.7 Å². The van der Waals surface area contributed by atoms with Crippen LogP contribution in [0.3, 0.4) is 0 Å². The van der Waals surface area contributed by atoms with Gasteiger partial charge in [-0.2, -0.15) is 5.10 Å². The van der Waals surface area contributed by atoms with Crippen LogP contribution < -0.4 is 10.6 Å². The lowest BCUT2D eigenvalue weighted by molar-refractivity contribution is -0.119. The predicted molar refractivity (Wildman–Crippen MR) is 99.1 cm³/mol. The molecule has 1 aromatic heterocycles. The summed E-state index contributed by atoms with van der Waals surface area (Å²) in [7, 11) is -3.53. The lowest BCUT2D eigenvalue weighted by atomic mass is 9.96. The molecule has 1 fully saturated rings. The van der Waals surface area contributed by atoms with E-state index in [9.17, 15) is 13.2 Å². The zero-order valence-corrected chi connectivity index (χ0v) is 15.4. The summed E-state index contributed by atoms with van der Waals surface area (Å²) in [5.74, 6) is -0.487. The van der Waals surface area contributed by atoms with Crippen molar-refractivity contribution in [2.24, 2.45) is 0 Å². The fourth-order valence-electron chi connectivity index (χ4n) is 2.95. The number of rotatable bonds is 4. The number of aromatic nitrogens is 2. The van der Waals surface area contributed by atoms with Crippen molar-refractivity contribution in [3.8, 4) is 5.69 Å². The number of carbonyl (C=O) groups is 1. The zero-order chi connectivity index (χ0) is 17.2. The van der Waals surface area contributed by atoms with E-state index in [-0.39, 0.29) is 25.2 Å². The lowest BCUT2D eigenvalue weighted by Crippen LogP contribution is -2.55. The number of nitrogens with zero attached hydrogens (tertiary/aromatic N) is 2. The molecule has 7 nitrogen and oxygen atoms in total. The van der Waals surface area contributed by atoms with Crippen LogP contribution in [-0.4, -0.2) is 48.2 Å². The van der Waals surface area contributed by atoms with Gasteiger partial charge in [-0.25, -0.2) is 13.1 Å². The molecule has 1 aliphatic heterocycles. The SMILES string of the molecule is CS(=O)(=O)C1(C(=O)Nc2cnn(-c3ccccc3)c2)CCNCC1.Cl. The summed E-state index contributed by atoms with van der Waals surface area (Å²) in [6.07, 6.45) is 4.85. The number of amides is 1. The second-order valence-corrected chi connectivity index (χ2v) is 8.31. The van der Waals surface area contributed by atoms with Crippen LogP contribution in [0.25, 0.3) is 5.69 Å². The van der Waals surface area contributed by atoms with Crippen LogP contribution in [-0.2, 0) is 14.6 Å². The van der Waals surface area contributed by atoms with Crippen LogP contribution in [0.15, 0.2) is 42.7 Å². The van der Waals surface area contributed by atoms with E-state index in [1.54, 1.807) is 10.9 Å². The molecule has 0 spiro atoms. The fraction of sp³-hybridized carbons (Fsp3) is 0.375. The van der Waals surface area contributed by atoms with E-state index in [2.05, 4.69) is 15.7 Å². The van der Waals surface area contributed by atoms with Gasteiger partial charge in [-0.05, 0) is 38.1 Å². The molecule has 1 aromatic carbocycles. The van der Waals surface area contributed by atoms with Gasteiger partial charge in [0.05, 0.1) is 23.8 Å². The number of halogens is 1. The Bertz CT molecular complexity index is 830. The highest BCUT2D eigenvalue weighted by molar-refractivity contribution is 7.92. The number of nitrogens with one attached hydrogen (secondary N) is 2. The van der Waals surface area contributed by atoms with Crippen LogP contribution in [0.5, 0.6) is 0 Å². The number of hydrogen-bond acceptors (Lipinski definition) is 5. The van der Waals surface area contributed by atoms with Gasteiger partial charge in [0.25, 0.3) is 0 Å². The number of anilines is 1. The molecule has 136 valence electrons. The molecule has 1 saturated heterocycles. The fourth-order valence-corrected chi connectivity index (χ4v) is 4.28. The highest BCUT2D eigenvalue weighted by atomic mass is 35.5. The van der Waals surface area contributed by atoms with Crippen molar-refractivity contribution < 1.29 is 13.2 Å². The first kappa shape index (κ1) is 19.4. The Kier molecular flexibility index (Phi) is 5.87. The van der Waals surface area contributed by atoms with E-state index in [1.165, 1.54) is 6.20 Å². The van der Waals surface area contributed by atoms with Crippen molar-refractivity contribution in [2.75, 3.05) is 24.7 Å². The quantitative estimate of drug-likeness (QED) is 0.831. The minimum Gasteiger partial charge on any atom is -0.322 e. The van der Waals surface area contributed by atoms with Gasteiger partial charge in [0.2, 0.25) is 5.91 Å². The molecular weight excluding hydrogens is 364 g/mol. The second kappa shape index (κ2) is 7.55. The highest BCUT2D eigenvalue weighted by Crippen LogP contribution is 2.29. The van der Waals surface area contributed by atoms with Gasteiger partial charge in [-0.15, -0.1) is 12.4 Å². The van der Waals surface area contributed by atoms with Gasteiger partial charge in [0.1, 0.15) is 0 Å². The second-order valence-electron chi connectivity index (χ2n) is 5.98. The van der Waals surface area contributed by atoms with Crippen LogP contribution in [0.2, 0.25) is 0 Å². The van der Waals surface area contributed by atoms with E-state index in [0.29, 0.717) is 18.8 Å². The van der Waals surface area contributed by atoms with Gasteiger partial charge >= 0.3 is 0 Å². The molecule has 2 aromatic rings. The maximum atomic E-state index is 12.7. The van der Waals surface area contributed by atoms with Crippen molar-refractivity contribution >= 4 is 33.8 Å². The molecule has 2 N–H and O–H groups in total. The van der Waals surface area contributed by atoms with Crippen molar-refractivity contribution in [2.45, 2.75) is 17.6 Å².